The van der Waals surface area contributed by atoms with E-state index in [0.717, 1.165) is 12.8 Å². The van der Waals surface area contributed by atoms with Crippen molar-refractivity contribution in [2.75, 3.05) is 13.2 Å². The lowest BCUT2D eigenvalue weighted by Gasteiger charge is -2.53. The van der Waals surface area contributed by atoms with Crippen LogP contribution in [0.15, 0.2) is 12.2 Å². The zero-order valence-corrected chi connectivity index (χ0v) is 12.2. The number of nitrogens with zero attached hydrogens (tertiary/aromatic N) is 1. The minimum Gasteiger partial charge on any atom is -0.323 e. The molecule has 3 fully saturated rings. The van der Waals surface area contributed by atoms with Gasteiger partial charge >= 0.3 is 5.97 Å². The van der Waals surface area contributed by atoms with Crippen molar-refractivity contribution >= 4 is 0 Å². The molecule has 4 heteroatoms. The van der Waals surface area contributed by atoms with Crippen LogP contribution in [0.4, 0.5) is 0 Å². The van der Waals surface area contributed by atoms with Gasteiger partial charge in [0.05, 0.1) is 24.7 Å². The summed E-state index contributed by atoms with van der Waals surface area (Å²) in [5, 5.41) is 9.34. The highest BCUT2D eigenvalue weighted by Crippen LogP contribution is 2.46. The number of nitriles is 1. The molecule has 0 amide bonds. The molecule has 0 aromatic heterocycles. The molecule has 0 N–H and O–H groups in total. The van der Waals surface area contributed by atoms with Crippen molar-refractivity contribution in [1.29, 1.82) is 5.26 Å². The molecule has 0 spiro atoms. The van der Waals surface area contributed by atoms with Gasteiger partial charge < -0.3 is 14.2 Å². The molecule has 0 radical (unpaired) electrons. The van der Waals surface area contributed by atoms with Crippen molar-refractivity contribution in [3.8, 4) is 6.07 Å². The van der Waals surface area contributed by atoms with Crippen molar-refractivity contribution in [3.63, 3.8) is 0 Å². The van der Waals surface area contributed by atoms with E-state index in [4.69, 9.17) is 14.2 Å². The zero-order chi connectivity index (χ0) is 14.1. The van der Waals surface area contributed by atoms with Gasteiger partial charge in [0.15, 0.2) is 6.10 Å². The molecule has 3 aliphatic rings. The standard InChI is InChI=1S/C15H23NO3/c1-5-6-14-10-17-15(18-11-14,19-12(14)9-16)8-7-13(2,3)4/h7-8,12H,5-6,10-11H2,1-4H3. The Morgan fingerprint density at radius 1 is 1.32 bits per heavy atom. The van der Waals surface area contributed by atoms with Gasteiger partial charge in [-0.25, -0.2) is 0 Å². The van der Waals surface area contributed by atoms with Gasteiger partial charge in [-0.2, -0.15) is 5.26 Å². The summed E-state index contributed by atoms with van der Waals surface area (Å²) in [7, 11) is 0. The highest BCUT2D eigenvalue weighted by molar-refractivity contribution is 5.10. The quantitative estimate of drug-likeness (QED) is 0.736. The van der Waals surface area contributed by atoms with Crippen LogP contribution in [-0.2, 0) is 14.2 Å². The van der Waals surface area contributed by atoms with Crippen LogP contribution in [0, 0.1) is 22.2 Å². The van der Waals surface area contributed by atoms with E-state index in [9.17, 15) is 5.26 Å². The number of hydrogen-bond acceptors (Lipinski definition) is 4. The monoisotopic (exact) mass is 265 g/mol. The third-order valence-corrected chi connectivity index (χ3v) is 3.61. The van der Waals surface area contributed by atoms with Crippen LogP contribution in [0.5, 0.6) is 0 Å². The first-order valence-electron chi connectivity index (χ1n) is 6.90. The Labute approximate surface area is 115 Å². The van der Waals surface area contributed by atoms with Gasteiger partial charge in [0, 0.05) is 6.08 Å². The molecule has 1 unspecified atom stereocenters. The van der Waals surface area contributed by atoms with Gasteiger partial charge in [0.1, 0.15) is 0 Å². The fourth-order valence-corrected chi connectivity index (χ4v) is 2.50. The molecule has 4 nitrogen and oxygen atoms in total. The summed E-state index contributed by atoms with van der Waals surface area (Å²) in [6.07, 6.45) is 5.20. The lowest BCUT2D eigenvalue weighted by molar-refractivity contribution is -0.458. The number of hydrogen-bond donors (Lipinski definition) is 0. The van der Waals surface area contributed by atoms with Gasteiger partial charge in [-0.3, -0.25) is 0 Å². The first-order valence-corrected chi connectivity index (χ1v) is 6.90. The van der Waals surface area contributed by atoms with Crippen LogP contribution < -0.4 is 0 Å². The third kappa shape index (κ3) is 2.84. The summed E-state index contributed by atoms with van der Waals surface area (Å²) in [5.41, 5.74) is -0.288. The molecule has 1 atom stereocenters. The Morgan fingerprint density at radius 2 is 1.95 bits per heavy atom. The highest BCUT2D eigenvalue weighted by Gasteiger charge is 2.57. The van der Waals surface area contributed by atoms with E-state index in [1.165, 1.54) is 0 Å². The second-order valence-corrected chi connectivity index (χ2v) is 6.62. The Kier molecular flexibility index (Phi) is 3.74. The van der Waals surface area contributed by atoms with Crippen LogP contribution >= 0.6 is 0 Å². The Balaban J connectivity index is 2.18. The summed E-state index contributed by atoms with van der Waals surface area (Å²) in [6, 6.07) is 2.27. The van der Waals surface area contributed by atoms with Crippen molar-refractivity contribution in [2.24, 2.45) is 10.8 Å². The summed E-state index contributed by atoms with van der Waals surface area (Å²) >= 11 is 0. The lowest BCUT2D eigenvalue weighted by Crippen LogP contribution is -2.63. The van der Waals surface area contributed by atoms with E-state index in [2.05, 4.69) is 33.8 Å². The summed E-state index contributed by atoms with van der Waals surface area (Å²) in [5.74, 6) is -1.16. The average molecular weight is 265 g/mol. The van der Waals surface area contributed by atoms with Crippen LogP contribution in [0.1, 0.15) is 40.5 Å². The van der Waals surface area contributed by atoms with Crippen LogP contribution in [-0.4, -0.2) is 25.3 Å². The molecule has 3 saturated heterocycles. The largest absolute Gasteiger partial charge is 0.323 e. The third-order valence-electron chi connectivity index (χ3n) is 3.61. The summed E-state index contributed by atoms with van der Waals surface area (Å²) in [4.78, 5) is 0. The fourth-order valence-electron chi connectivity index (χ4n) is 2.50. The number of rotatable bonds is 3. The van der Waals surface area contributed by atoms with E-state index in [1.54, 1.807) is 6.08 Å². The predicted octanol–water partition coefficient (Wildman–Crippen LogP) is 3.00. The SMILES string of the molecule is CCCC12COC(C=CC(C)(C)C)(OC1)OC2C#N. The predicted molar refractivity (Wildman–Crippen MR) is 71.1 cm³/mol. The van der Waals surface area contributed by atoms with Crippen LogP contribution in [0.2, 0.25) is 0 Å². The maximum absolute atomic E-state index is 9.34. The van der Waals surface area contributed by atoms with E-state index >= 15 is 0 Å². The molecule has 3 aliphatic heterocycles. The minimum atomic E-state index is -1.16. The molecule has 106 valence electrons. The fraction of sp³-hybridized carbons (Fsp3) is 0.800. The molecule has 0 aliphatic carbocycles. The summed E-state index contributed by atoms with van der Waals surface area (Å²) < 4.78 is 17.3. The van der Waals surface area contributed by atoms with Crippen LogP contribution in [0.25, 0.3) is 0 Å². The maximum Gasteiger partial charge on any atom is 0.305 e. The van der Waals surface area contributed by atoms with Crippen molar-refractivity contribution in [1.82, 2.24) is 0 Å². The van der Waals surface area contributed by atoms with E-state index in [-0.39, 0.29) is 10.8 Å². The smallest absolute Gasteiger partial charge is 0.305 e. The van der Waals surface area contributed by atoms with E-state index in [0.29, 0.717) is 13.2 Å². The first-order chi connectivity index (χ1) is 8.85. The second-order valence-electron chi connectivity index (χ2n) is 6.62. The second kappa shape index (κ2) is 4.90. The van der Waals surface area contributed by atoms with Crippen molar-refractivity contribution < 1.29 is 14.2 Å². The van der Waals surface area contributed by atoms with Crippen molar-refractivity contribution in [2.45, 2.75) is 52.6 Å². The molecular weight excluding hydrogens is 242 g/mol. The molecule has 0 aromatic carbocycles. The van der Waals surface area contributed by atoms with E-state index in [1.807, 2.05) is 6.08 Å². The zero-order valence-electron chi connectivity index (χ0n) is 12.2. The summed E-state index contributed by atoms with van der Waals surface area (Å²) in [6.45, 7) is 9.42. The maximum atomic E-state index is 9.34. The molecule has 3 rings (SSSR count). The molecule has 0 saturated carbocycles. The van der Waals surface area contributed by atoms with Gasteiger partial charge in [0.25, 0.3) is 0 Å². The molecule has 2 bridgehead atoms. The molecule has 19 heavy (non-hydrogen) atoms. The lowest BCUT2D eigenvalue weighted by atomic mass is 9.78. The van der Waals surface area contributed by atoms with Gasteiger partial charge in [-0.05, 0) is 11.8 Å². The molecular formula is C15H23NO3. The number of ether oxygens (including phenoxy) is 3. The van der Waals surface area contributed by atoms with E-state index < -0.39 is 12.1 Å². The topological polar surface area (TPSA) is 51.5 Å². The van der Waals surface area contributed by atoms with Gasteiger partial charge in [-0.15, -0.1) is 0 Å². The Hall–Kier alpha value is -0.890. The molecule has 0 aromatic rings. The number of fused-ring (bicyclic) bond motifs is 3. The van der Waals surface area contributed by atoms with Gasteiger partial charge in [-0.1, -0.05) is 40.2 Å². The molecule has 3 heterocycles. The highest BCUT2D eigenvalue weighted by atomic mass is 16.9. The first kappa shape index (κ1) is 14.5. The van der Waals surface area contributed by atoms with Crippen LogP contribution in [0.3, 0.4) is 0 Å². The normalized spacial score (nSPS) is 38.6. The Morgan fingerprint density at radius 3 is 2.42 bits per heavy atom. The van der Waals surface area contributed by atoms with Gasteiger partial charge in [0.2, 0.25) is 0 Å². The van der Waals surface area contributed by atoms with Crippen molar-refractivity contribution in [3.05, 3.63) is 12.2 Å². The average Bonchev–Trinajstić information content (AvgIpc) is 2.37. The number of allylic oxidation sites excluding steroid dienone is 1. The minimum absolute atomic E-state index is 0.0162. The Bertz CT molecular complexity index is 395.